The second-order valence-electron chi connectivity index (χ2n) is 6.18. The van der Waals surface area contributed by atoms with Gasteiger partial charge in [0.2, 0.25) is 0 Å². The van der Waals surface area contributed by atoms with Crippen molar-refractivity contribution in [2.45, 2.75) is 11.6 Å². The minimum Gasteiger partial charge on any atom is -0.403 e. The van der Waals surface area contributed by atoms with Gasteiger partial charge in [-0.25, -0.2) is 5.84 Å². The summed E-state index contributed by atoms with van der Waals surface area (Å²) in [5.74, 6) is 6.30. The van der Waals surface area contributed by atoms with E-state index in [9.17, 15) is 10.4 Å². The monoisotopic (exact) mass is 372 g/mol. The molecule has 7 heteroatoms. The second-order valence-corrected chi connectivity index (χ2v) is 6.18. The van der Waals surface area contributed by atoms with E-state index in [1.165, 1.54) is 17.4 Å². The summed E-state index contributed by atoms with van der Waals surface area (Å²) >= 11 is 0. The van der Waals surface area contributed by atoms with Crippen molar-refractivity contribution in [3.8, 4) is 6.07 Å². The van der Waals surface area contributed by atoms with Crippen molar-refractivity contribution in [2.75, 3.05) is 0 Å². The Hall–Kier alpha value is -3.73. The standard InChI is InChI=1S/C21H20N6O/c22-8-11-27(24)20(17-5-1-4-16(12-17)13-23)21(28,18-6-2-9-25-14-18)19-7-3-10-26-15-19/h1-12,14-15,20,28H,22,24H2/b11-8-. The summed E-state index contributed by atoms with van der Waals surface area (Å²) in [5.41, 5.74) is 6.07. The highest BCUT2D eigenvalue weighted by molar-refractivity contribution is 5.42. The van der Waals surface area contributed by atoms with Gasteiger partial charge in [0.05, 0.1) is 11.6 Å². The minimum absolute atomic E-state index is 0.451. The van der Waals surface area contributed by atoms with Crippen LogP contribution in [0.1, 0.15) is 28.3 Å². The van der Waals surface area contributed by atoms with Crippen molar-refractivity contribution >= 4 is 0 Å². The maximum Gasteiger partial charge on any atom is 0.143 e. The normalized spacial score (nSPS) is 12.5. The topological polar surface area (TPSA) is 125 Å². The molecule has 0 aliphatic heterocycles. The molecule has 0 saturated heterocycles. The van der Waals surface area contributed by atoms with E-state index < -0.39 is 11.6 Å². The molecular weight excluding hydrogens is 352 g/mol. The van der Waals surface area contributed by atoms with Crippen molar-refractivity contribution < 1.29 is 5.11 Å². The highest BCUT2D eigenvalue weighted by Gasteiger charge is 2.44. The third-order valence-corrected chi connectivity index (χ3v) is 4.49. The average Bonchev–Trinajstić information content (AvgIpc) is 2.75. The number of hydrogen-bond donors (Lipinski definition) is 3. The lowest BCUT2D eigenvalue weighted by Gasteiger charge is -2.41. The SMILES string of the molecule is N#Cc1cccc(C(N(N)/C=C\N)C(O)(c2cccnc2)c2cccnc2)c1. The molecule has 3 rings (SSSR count). The summed E-state index contributed by atoms with van der Waals surface area (Å²) in [6, 6.07) is 15.2. The Morgan fingerprint density at radius 3 is 2.21 bits per heavy atom. The number of benzene rings is 1. The van der Waals surface area contributed by atoms with Gasteiger partial charge in [0.25, 0.3) is 0 Å². The van der Waals surface area contributed by atoms with Crippen LogP contribution in [0, 0.1) is 11.3 Å². The Balaban J connectivity index is 2.30. The van der Waals surface area contributed by atoms with Gasteiger partial charge in [0, 0.05) is 48.3 Å². The Morgan fingerprint density at radius 1 is 1.07 bits per heavy atom. The van der Waals surface area contributed by atoms with E-state index in [0.717, 1.165) is 0 Å². The summed E-state index contributed by atoms with van der Waals surface area (Å²) in [4.78, 5) is 8.31. The first-order valence-electron chi connectivity index (χ1n) is 8.56. The molecule has 1 unspecified atom stereocenters. The molecule has 0 amide bonds. The summed E-state index contributed by atoms with van der Waals surface area (Å²) in [6.07, 6.45) is 9.15. The number of rotatable bonds is 6. The van der Waals surface area contributed by atoms with Gasteiger partial charge in [0.1, 0.15) is 11.6 Å². The minimum atomic E-state index is -1.62. The number of pyridine rings is 2. The number of nitrogens with zero attached hydrogens (tertiary/aromatic N) is 4. The first-order valence-corrected chi connectivity index (χ1v) is 8.56. The zero-order valence-electron chi connectivity index (χ0n) is 15.1. The molecule has 7 nitrogen and oxygen atoms in total. The van der Waals surface area contributed by atoms with Gasteiger partial charge in [-0.1, -0.05) is 24.3 Å². The third kappa shape index (κ3) is 3.55. The Kier molecular flexibility index (Phi) is 5.65. The lowest BCUT2D eigenvalue weighted by Crippen LogP contribution is -2.46. The second kappa shape index (κ2) is 8.31. The van der Waals surface area contributed by atoms with Crippen LogP contribution in [0.15, 0.2) is 85.7 Å². The molecule has 1 aromatic carbocycles. The third-order valence-electron chi connectivity index (χ3n) is 4.49. The van der Waals surface area contributed by atoms with Crippen LogP contribution >= 0.6 is 0 Å². The molecule has 28 heavy (non-hydrogen) atoms. The smallest absolute Gasteiger partial charge is 0.143 e. The largest absolute Gasteiger partial charge is 0.403 e. The van der Waals surface area contributed by atoms with Crippen molar-refractivity contribution in [1.29, 1.82) is 5.26 Å². The molecule has 140 valence electrons. The molecule has 0 aliphatic carbocycles. The first kappa shape index (κ1) is 19.0. The highest BCUT2D eigenvalue weighted by Crippen LogP contribution is 2.43. The van der Waals surface area contributed by atoms with E-state index in [4.69, 9.17) is 11.6 Å². The molecule has 0 fully saturated rings. The van der Waals surface area contributed by atoms with Gasteiger partial charge in [-0.05, 0) is 29.8 Å². The van der Waals surface area contributed by atoms with Gasteiger partial charge in [0.15, 0.2) is 0 Å². The van der Waals surface area contributed by atoms with Crippen LogP contribution in [0.3, 0.4) is 0 Å². The molecule has 2 aromatic heterocycles. The van der Waals surface area contributed by atoms with Gasteiger partial charge >= 0.3 is 0 Å². The summed E-state index contributed by atoms with van der Waals surface area (Å²) < 4.78 is 0. The maximum absolute atomic E-state index is 12.1. The van der Waals surface area contributed by atoms with E-state index in [1.54, 1.807) is 73.3 Å². The van der Waals surface area contributed by atoms with Crippen molar-refractivity contribution in [2.24, 2.45) is 11.6 Å². The Labute approximate surface area is 163 Å². The molecule has 0 spiro atoms. The zero-order chi connectivity index (χ0) is 20.0. The molecule has 1 atom stereocenters. The van der Waals surface area contributed by atoms with Gasteiger partial charge in [-0.2, -0.15) is 5.26 Å². The van der Waals surface area contributed by atoms with Gasteiger partial charge in [-0.3, -0.25) is 9.97 Å². The Morgan fingerprint density at radius 2 is 1.71 bits per heavy atom. The van der Waals surface area contributed by atoms with Crippen molar-refractivity contribution in [3.05, 3.63) is 108 Å². The van der Waals surface area contributed by atoms with Crippen LogP contribution in [-0.2, 0) is 5.60 Å². The molecule has 3 aromatic rings. The molecule has 0 bridgehead atoms. The van der Waals surface area contributed by atoms with Crippen LogP contribution in [0.25, 0.3) is 0 Å². The fourth-order valence-electron chi connectivity index (χ4n) is 3.25. The fourth-order valence-corrected chi connectivity index (χ4v) is 3.25. The van der Waals surface area contributed by atoms with Crippen LogP contribution in [0.2, 0.25) is 0 Å². The number of nitriles is 1. The zero-order valence-corrected chi connectivity index (χ0v) is 15.1. The number of nitrogens with two attached hydrogens (primary N) is 2. The summed E-state index contributed by atoms with van der Waals surface area (Å²) in [7, 11) is 0. The van der Waals surface area contributed by atoms with Crippen molar-refractivity contribution in [3.63, 3.8) is 0 Å². The quantitative estimate of drug-likeness (QED) is 0.446. The number of aliphatic hydroxyl groups is 1. The summed E-state index contributed by atoms with van der Waals surface area (Å²) in [5, 5.41) is 22.7. The lowest BCUT2D eigenvalue weighted by atomic mass is 9.78. The summed E-state index contributed by atoms with van der Waals surface area (Å²) in [6.45, 7) is 0. The lowest BCUT2D eigenvalue weighted by molar-refractivity contribution is -0.00682. The predicted molar refractivity (Wildman–Crippen MR) is 105 cm³/mol. The first-order chi connectivity index (χ1) is 13.6. The van der Waals surface area contributed by atoms with Crippen LogP contribution in [0.4, 0.5) is 0 Å². The van der Waals surface area contributed by atoms with E-state index in [0.29, 0.717) is 22.3 Å². The van der Waals surface area contributed by atoms with Crippen LogP contribution in [-0.4, -0.2) is 20.1 Å². The maximum atomic E-state index is 12.1. The highest BCUT2D eigenvalue weighted by atomic mass is 16.3. The molecule has 2 heterocycles. The van der Waals surface area contributed by atoms with Crippen LogP contribution < -0.4 is 11.6 Å². The predicted octanol–water partition coefficient (Wildman–Crippen LogP) is 1.93. The van der Waals surface area contributed by atoms with E-state index in [-0.39, 0.29) is 0 Å². The molecule has 0 aliphatic rings. The fraction of sp³-hybridized carbons (Fsp3) is 0.0952. The van der Waals surface area contributed by atoms with E-state index >= 15 is 0 Å². The van der Waals surface area contributed by atoms with E-state index in [1.807, 2.05) is 0 Å². The number of hydrazine groups is 1. The number of hydrogen-bond acceptors (Lipinski definition) is 7. The van der Waals surface area contributed by atoms with Gasteiger partial charge < -0.3 is 15.8 Å². The van der Waals surface area contributed by atoms with Crippen molar-refractivity contribution in [1.82, 2.24) is 15.0 Å². The molecule has 0 saturated carbocycles. The average molecular weight is 372 g/mol. The number of aromatic nitrogens is 2. The molecular formula is C21H20N6O. The Bertz CT molecular complexity index is 945. The van der Waals surface area contributed by atoms with Gasteiger partial charge in [-0.15, -0.1) is 0 Å². The molecule has 0 radical (unpaired) electrons. The van der Waals surface area contributed by atoms with E-state index in [2.05, 4.69) is 16.0 Å². The molecule has 5 N–H and O–H groups in total. The van der Waals surface area contributed by atoms with Crippen LogP contribution in [0.5, 0.6) is 0 Å².